The van der Waals surface area contributed by atoms with Crippen molar-refractivity contribution in [3.05, 3.63) is 11.8 Å². The first kappa shape index (κ1) is 14.2. The largest absolute Gasteiger partial charge is 0.477 e. The molecular weight excluding hydrogens is 234 g/mol. The molecule has 1 aromatic heterocycles. The molecule has 0 radical (unpaired) electrons. The number of carbonyl (C=O) groups excluding carboxylic acids is 1. The number of aromatic carboxylic acids is 1. The maximum absolute atomic E-state index is 11.9. The van der Waals surface area contributed by atoms with Gasteiger partial charge in [-0.25, -0.2) is 4.79 Å². The van der Waals surface area contributed by atoms with Crippen LogP contribution in [0.2, 0.25) is 0 Å². The van der Waals surface area contributed by atoms with Crippen molar-refractivity contribution in [3.8, 4) is 0 Å². The lowest BCUT2D eigenvalue weighted by molar-refractivity contribution is -0.120. The minimum absolute atomic E-state index is 0.0353. The number of rotatable bonds is 7. The topological polar surface area (TPSA) is 95.1 Å². The molecule has 0 saturated carbocycles. The van der Waals surface area contributed by atoms with E-state index in [-0.39, 0.29) is 23.3 Å². The number of anilines is 1. The molecule has 1 heterocycles. The summed E-state index contributed by atoms with van der Waals surface area (Å²) in [4.78, 5) is 22.6. The van der Waals surface area contributed by atoms with Crippen LogP contribution < -0.4 is 5.32 Å². The van der Waals surface area contributed by atoms with E-state index in [1.165, 1.54) is 6.07 Å². The molecule has 100 valence electrons. The maximum atomic E-state index is 11.9. The molecule has 6 nitrogen and oxygen atoms in total. The zero-order valence-electron chi connectivity index (χ0n) is 10.7. The average Bonchev–Trinajstić information content (AvgIpc) is 2.78. The van der Waals surface area contributed by atoms with Crippen LogP contribution >= 0.6 is 0 Å². The Kier molecular flexibility index (Phi) is 5.35. The van der Waals surface area contributed by atoms with Crippen molar-refractivity contribution in [1.29, 1.82) is 0 Å². The second-order valence-electron chi connectivity index (χ2n) is 4.21. The van der Waals surface area contributed by atoms with E-state index in [2.05, 4.69) is 22.4 Å². The standard InChI is InChI=1S/C12H19N3O3/c1-3-5-6-8(4-2)11(16)13-10-7-9(12(17)18)14-15-10/h7-8H,3-6H2,1-2H3,(H,17,18)(H2,13,14,15,16). The van der Waals surface area contributed by atoms with Gasteiger partial charge in [-0.2, -0.15) is 5.10 Å². The van der Waals surface area contributed by atoms with E-state index < -0.39 is 5.97 Å². The van der Waals surface area contributed by atoms with Gasteiger partial charge in [0.25, 0.3) is 0 Å². The van der Waals surface area contributed by atoms with Crippen molar-refractivity contribution in [3.63, 3.8) is 0 Å². The molecule has 3 N–H and O–H groups in total. The number of nitrogens with one attached hydrogen (secondary N) is 2. The second-order valence-corrected chi connectivity index (χ2v) is 4.21. The number of carboxylic acid groups (broad SMARTS) is 1. The van der Waals surface area contributed by atoms with Crippen LogP contribution in [-0.4, -0.2) is 27.2 Å². The lowest BCUT2D eigenvalue weighted by atomic mass is 9.98. The normalized spacial score (nSPS) is 12.1. The monoisotopic (exact) mass is 253 g/mol. The predicted octanol–water partition coefficient (Wildman–Crippen LogP) is 2.26. The summed E-state index contributed by atoms with van der Waals surface area (Å²) in [6, 6.07) is 1.31. The van der Waals surface area contributed by atoms with Gasteiger partial charge in [0.2, 0.25) is 5.91 Å². The fraction of sp³-hybridized carbons (Fsp3) is 0.583. The van der Waals surface area contributed by atoms with Crippen LogP contribution in [0.25, 0.3) is 0 Å². The van der Waals surface area contributed by atoms with Crippen LogP contribution in [0.15, 0.2) is 6.07 Å². The number of carboxylic acids is 1. The highest BCUT2D eigenvalue weighted by Crippen LogP contribution is 2.15. The Labute approximate surface area is 106 Å². The first-order chi connectivity index (χ1) is 8.58. The van der Waals surface area contributed by atoms with Gasteiger partial charge in [0.05, 0.1) is 0 Å². The zero-order chi connectivity index (χ0) is 13.5. The van der Waals surface area contributed by atoms with Crippen LogP contribution in [0.3, 0.4) is 0 Å². The van der Waals surface area contributed by atoms with Crippen molar-refractivity contribution in [2.75, 3.05) is 5.32 Å². The lowest BCUT2D eigenvalue weighted by Crippen LogP contribution is -2.22. The van der Waals surface area contributed by atoms with Crippen molar-refractivity contribution in [1.82, 2.24) is 10.2 Å². The molecule has 0 aliphatic rings. The van der Waals surface area contributed by atoms with E-state index in [1.807, 2.05) is 6.92 Å². The fourth-order valence-corrected chi connectivity index (χ4v) is 1.69. The number of hydrogen-bond donors (Lipinski definition) is 3. The number of aromatic amines is 1. The summed E-state index contributed by atoms with van der Waals surface area (Å²) in [5, 5.41) is 17.4. The third-order valence-electron chi connectivity index (χ3n) is 2.83. The molecule has 6 heteroatoms. The molecule has 18 heavy (non-hydrogen) atoms. The fourth-order valence-electron chi connectivity index (χ4n) is 1.69. The Morgan fingerprint density at radius 3 is 2.72 bits per heavy atom. The molecule has 0 bridgehead atoms. The van der Waals surface area contributed by atoms with Gasteiger partial charge in [-0.05, 0) is 12.8 Å². The zero-order valence-corrected chi connectivity index (χ0v) is 10.7. The number of amides is 1. The Balaban J connectivity index is 2.58. The number of carbonyl (C=O) groups is 2. The third-order valence-corrected chi connectivity index (χ3v) is 2.83. The SMILES string of the molecule is CCCCC(CC)C(=O)Nc1cc(C(=O)O)[nH]n1. The molecule has 1 unspecified atom stereocenters. The summed E-state index contributed by atoms with van der Waals surface area (Å²) in [7, 11) is 0. The van der Waals surface area contributed by atoms with E-state index in [1.54, 1.807) is 0 Å². The summed E-state index contributed by atoms with van der Waals surface area (Å²) in [5.74, 6) is -0.988. The number of aromatic nitrogens is 2. The molecule has 1 rings (SSSR count). The van der Waals surface area contributed by atoms with Gasteiger partial charge < -0.3 is 10.4 Å². The Morgan fingerprint density at radius 1 is 1.50 bits per heavy atom. The van der Waals surface area contributed by atoms with Gasteiger partial charge in [-0.15, -0.1) is 0 Å². The van der Waals surface area contributed by atoms with Gasteiger partial charge >= 0.3 is 5.97 Å². The Morgan fingerprint density at radius 2 is 2.22 bits per heavy atom. The van der Waals surface area contributed by atoms with Crippen LogP contribution in [-0.2, 0) is 4.79 Å². The summed E-state index contributed by atoms with van der Waals surface area (Å²) in [6.45, 7) is 4.05. The first-order valence-electron chi connectivity index (χ1n) is 6.18. The molecule has 1 atom stereocenters. The number of hydrogen-bond acceptors (Lipinski definition) is 3. The van der Waals surface area contributed by atoms with Gasteiger partial charge in [0, 0.05) is 12.0 Å². The van der Waals surface area contributed by atoms with Crippen LogP contribution in [0, 0.1) is 5.92 Å². The van der Waals surface area contributed by atoms with Crippen LogP contribution in [0.4, 0.5) is 5.82 Å². The molecule has 1 aromatic rings. The molecule has 0 spiro atoms. The van der Waals surface area contributed by atoms with Gasteiger partial charge in [0.15, 0.2) is 5.82 Å². The highest BCUT2D eigenvalue weighted by atomic mass is 16.4. The third kappa shape index (κ3) is 3.87. The Bertz CT molecular complexity index is 414. The minimum atomic E-state index is -1.10. The van der Waals surface area contributed by atoms with Crippen molar-refractivity contribution in [2.24, 2.45) is 5.92 Å². The van der Waals surface area contributed by atoms with E-state index in [9.17, 15) is 9.59 Å². The summed E-state index contributed by atoms with van der Waals surface area (Å²) in [6.07, 6.45) is 3.67. The summed E-state index contributed by atoms with van der Waals surface area (Å²) < 4.78 is 0. The molecule has 0 fully saturated rings. The van der Waals surface area contributed by atoms with Crippen LogP contribution in [0.1, 0.15) is 50.0 Å². The van der Waals surface area contributed by atoms with Gasteiger partial charge in [-0.3, -0.25) is 9.89 Å². The highest BCUT2D eigenvalue weighted by Gasteiger charge is 2.17. The van der Waals surface area contributed by atoms with E-state index in [0.717, 1.165) is 25.7 Å². The Hall–Kier alpha value is -1.85. The number of H-pyrrole nitrogens is 1. The second kappa shape index (κ2) is 6.78. The smallest absolute Gasteiger partial charge is 0.353 e. The average molecular weight is 253 g/mol. The molecule has 1 amide bonds. The molecule has 0 aliphatic carbocycles. The molecular formula is C12H19N3O3. The quantitative estimate of drug-likeness (QED) is 0.694. The maximum Gasteiger partial charge on any atom is 0.353 e. The van der Waals surface area contributed by atoms with E-state index in [0.29, 0.717) is 0 Å². The predicted molar refractivity (Wildman–Crippen MR) is 67.5 cm³/mol. The van der Waals surface area contributed by atoms with Gasteiger partial charge in [0.1, 0.15) is 5.69 Å². The first-order valence-corrected chi connectivity index (χ1v) is 6.18. The summed E-state index contributed by atoms with van der Waals surface area (Å²) >= 11 is 0. The summed E-state index contributed by atoms with van der Waals surface area (Å²) in [5.41, 5.74) is -0.0353. The van der Waals surface area contributed by atoms with Crippen molar-refractivity contribution in [2.45, 2.75) is 39.5 Å². The molecule has 0 aliphatic heterocycles. The number of nitrogens with zero attached hydrogens (tertiary/aromatic N) is 1. The van der Waals surface area contributed by atoms with Crippen molar-refractivity contribution < 1.29 is 14.7 Å². The highest BCUT2D eigenvalue weighted by molar-refractivity contribution is 5.93. The van der Waals surface area contributed by atoms with Gasteiger partial charge in [-0.1, -0.05) is 26.7 Å². The van der Waals surface area contributed by atoms with E-state index >= 15 is 0 Å². The van der Waals surface area contributed by atoms with Crippen molar-refractivity contribution >= 4 is 17.7 Å². The molecule has 0 aromatic carbocycles. The van der Waals surface area contributed by atoms with E-state index in [4.69, 9.17) is 5.11 Å². The number of unbranched alkanes of at least 4 members (excludes halogenated alkanes) is 1. The minimum Gasteiger partial charge on any atom is -0.477 e. The van der Waals surface area contributed by atoms with Crippen LogP contribution in [0.5, 0.6) is 0 Å². The lowest BCUT2D eigenvalue weighted by Gasteiger charge is -2.12. The molecule has 0 saturated heterocycles.